The van der Waals surface area contributed by atoms with Crippen LogP contribution in [0.25, 0.3) is 0 Å². The van der Waals surface area contributed by atoms with Gasteiger partial charge in [-0.2, -0.15) is 0 Å². The largest absolute Gasteiger partial charge is 0.465 e. The minimum atomic E-state index is -0.601. The van der Waals surface area contributed by atoms with E-state index in [9.17, 15) is 9.90 Å². The molecule has 0 amide bonds. The second-order valence-electron chi connectivity index (χ2n) is 4.20. The molecule has 1 N–H and O–H groups in total. The van der Waals surface area contributed by atoms with Gasteiger partial charge in [-0.25, -0.2) is 4.79 Å². The second kappa shape index (κ2) is 7.76. The number of rotatable bonds is 7. The smallest absolute Gasteiger partial charge is 0.339 e. The zero-order valence-electron chi connectivity index (χ0n) is 11.6. The lowest BCUT2D eigenvalue weighted by Crippen LogP contribution is -2.33. The molecule has 0 spiro atoms. The van der Waals surface area contributed by atoms with Gasteiger partial charge >= 0.3 is 5.97 Å². The van der Waals surface area contributed by atoms with E-state index in [-0.39, 0.29) is 12.6 Å². The third-order valence-electron chi connectivity index (χ3n) is 2.72. The highest BCUT2D eigenvalue weighted by Crippen LogP contribution is 2.20. The molecular formula is C14H21NO4. The molecule has 0 saturated heterocycles. The molecule has 0 aliphatic heterocycles. The minimum absolute atomic E-state index is 0.279. The van der Waals surface area contributed by atoms with E-state index in [1.807, 2.05) is 31.0 Å². The molecule has 0 fully saturated rings. The van der Waals surface area contributed by atoms with Crippen LogP contribution in [0, 0.1) is 0 Å². The Balaban J connectivity index is 2.76. The zero-order valence-corrected chi connectivity index (χ0v) is 11.6. The van der Waals surface area contributed by atoms with Crippen molar-refractivity contribution < 1.29 is 19.4 Å². The molecule has 1 aromatic rings. The Kier molecular flexibility index (Phi) is 6.32. The van der Waals surface area contributed by atoms with Crippen molar-refractivity contribution in [3.63, 3.8) is 0 Å². The Bertz CT molecular complexity index is 408. The van der Waals surface area contributed by atoms with Gasteiger partial charge < -0.3 is 19.5 Å². The van der Waals surface area contributed by atoms with Crippen molar-refractivity contribution in [1.29, 1.82) is 0 Å². The molecular weight excluding hydrogens is 246 g/mol. The fourth-order valence-corrected chi connectivity index (χ4v) is 1.81. The first-order valence-corrected chi connectivity index (χ1v) is 6.24. The van der Waals surface area contributed by atoms with Gasteiger partial charge in [0, 0.05) is 20.2 Å². The Labute approximate surface area is 113 Å². The van der Waals surface area contributed by atoms with Crippen molar-refractivity contribution in [3.05, 3.63) is 29.8 Å². The number of carbonyl (C=O) groups excluding carboxylic acids is 1. The lowest BCUT2D eigenvalue weighted by atomic mass is 10.1. The molecule has 1 atom stereocenters. The molecule has 1 rings (SSSR count). The highest BCUT2D eigenvalue weighted by Gasteiger charge is 2.16. The number of carbonyl (C=O) groups is 1. The standard InChI is InChI=1S/C14H21NO4/c1-4-19-10-11(16)9-15(2)13-8-6-5-7-12(13)14(17)18-3/h5-8,11,16H,4,9-10H2,1-3H3. The summed E-state index contributed by atoms with van der Waals surface area (Å²) < 4.78 is 9.91. The van der Waals surface area contributed by atoms with Gasteiger partial charge in [-0.3, -0.25) is 0 Å². The average Bonchev–Trinajstić information content (AvgIpc) is 2.44. The zero-order chi connectivity index (χ0) is 14.3. The summed E-state index contributed by atoms with van der Waals surface area (Å²) in [6.07, 6.45) is -0.601. The number of likely N-dealkylation sites (N-methyl/N-ethyl adjacent to an activating group) is 1. The first-order chi connectivity index (χ1) is 9.10. The number of esters is 1. The maximum Gasteiger partial charge on any atom is 0.339 e. The van der Waals surface area contributed by atoms with Crippen LogP contribution in [0.2, 0.25) is 0 Å². The lowest BCUT2D eigenvalue weighted by molar-refractivity contribution is 0.0468. The summed E-state index contributed by atoms with van der Waals surface area (Å²) in [5.74, 6) is -0.387. The highest BCUT2D eigenvalue weighted by atomic mass is 16.5. The van der Waals surface area contributed by atoms with E-state index < -0.39 is 6.10 Å². The molecule has 1 unspecified atom stereocenters. The maximum atomic E-state index is 11.7. The Morgan fingerprint density at radius 2 is 2.11 bits per heavy atom. The third kappa shape index (κ3) is 4.54. The number of nitrogens with zero attached hydrogens (tertiary/aromatic N) is 1. The van der Waals surface area contributed by atoms with Gasteiger partial charge in [-0.15, -0.1) is 0 Å². The monoisotopic (exact) mass is 267 g/mol. The van der Waals surface area contributed by atoms with E-state index >= 15 is 0 Å². The summed E-state index contributed by atoms with van der Waals surface area (Å²) in [6, 6.07) is 7.14. The molecule has 19 heavy (non-hydrogen) atoms. The van der Waals surface area contributed by atoms with E-state index in [4.69, 9.17) is 9.47 Å². The van der Waals surface area contributed by atoms with Gasteiger partial charge in [0.25, 0.3) is 0 Å². The van der Waals surface area contributed by atoms with Crippen LogP contribution in [-0.4, -0.2) is 51.1 Å². The molecule has 106 valence electrons. The van der Waals surface area contributed by atoms with E-state index in [1.165, 1.54) is 7.11 Å². The SMILES string of the molecule is CCOCC(O)CN(C)c1ccccc1C(=O)OC. The fraction of sp³-hybridized carbons (Fsp3) is 0.500. The summed E-state index contributed by atoms with van der Waals surface area (Å²) in [6.45, 7) is 3.11. The van der Waals surface area contributed by atoms with E-state index in [0.717, 1.165) is 5.69 Å². The number of ether oxygens (including phenoxy) is 2. The van der Waals surface area contributed by atoms with Gasteiger partial charge in [-0.1, -0.05) is 12.1 Å². The molecule has 0 radical (unpaired) electrons. The maximum absolute atomic E-state index is 11.7. The van der Waals surface area contributed by atoms with Crippen molar-refractivity contribution in [2.24, 2.45) is 0 Å². The van der Waals surface area contributed by atoms with Crippen LogP contribution in [0.1, 0.15) is 17.3 Å². The number of aliphatic hydroxyl groups is 1. The summed E-state index contributed by atoms with van der Waals surface area (Å²) in [7, 11) is 3.17. The number of aliphatic hydroxyl groups excluding tert-OH is 1. The average molecular weight is 267 g/mol. The van der Waals surface area contributed by atoms with Crippen LogP contribution in [0.15, 0.2) is 24.3 Å². The predicted molar refractivity (Wildman–Crippen MR) is 73.6 cm³/mol. The molecule has 0 saturated carbocycles. The first kappa shape index (κ1) is 15.5. The Hall–Kier alpha value is -1.59. The summed E-state index contributed by atoms with van der Waals surface area (Å²) >= 11 is 0. The van der Waals surface area contributed by atoms with Crippen LogP contribution in [0.3, 0.4) is 0 Å². The number of anilines is 1. The Morgan fingerprint density at radius 3 is 2.74 bits per heavy atom. The molecule has 5 heteroatoms. The van der Waals surface area contributed by atoms with Crippen LogP contribution < -0.4 is 4.90 Å². The number of benzene rings is 1. The van der Waals surface area contributed by atoms with Crippen molar-refractivity contribution in [1.82, 2.24) is 0 Å². The van der Waals surface area contributed by atoms with E-state index in [1.54, 1.807) is 12.1 Å². The quantitative estimate of drug-likeness (QED) is 0.755. The highest BCUT2D eigenvalue weighted by molar-refractivity contribution is 5.95. The summed E-state index contributed by atoms with van der Waals surface area (Å²) in [5, 5.41) is 9.82. The van der Waals surface area contributed by atoms with Crippen molar-refractivity contribution in [2.75, 3.05) is 38.8 Å². The van der Waals surface area contributed by atoms with Gasteiger partial charge in [0.05, 0.1) is 31.1 Å². The van der Waals surface area contributed by atoms with Crippen LogP contribution in [0.5, 0.6) is 0 Å². The fourth-order valence-electron chi connectivity index (χ4n) is 1.81. The predicted octanol–water partition coefficient (Wildman–Crippen LogP) is 1.31. The molecule has 0 aliphatic carbocycles. The molecule has 5 nitrogen and oxygen atoms in total. The summed E-state index contributed by atoms with van der Waals surface area (Å²) in [5.41, 5.74) is 1.21. The molecule has 1 aromatic carbocycles. The van der Waals surface area contributed by atoms with Gasteiger partial charge in [0.15, 0.2) is 0 Å². The van der Waals surface area contributed by atoms with Crippen molar-refractivity contribution in [3.8, 4) is 0 Å². The van der Waals surface area contributed by atoms with Crippen molar-refractivity contribution in [2.45, 2.75) is 13.0 Å². The number of hydrogen-bond acceptors (Lipinski definition) is 5. The Morgan fingerprint density at radius 1 is 1.42 bits per heavy atom. The normalized spacial score (nSPS) is 12.0. The molecule has 0 aromatic heterocycles. The van der Waals surface area contributed by atoms with E-state index in [0.29, 0.717) is 18.7 Å². The van der Waals surface area contributed by atoms with Gasteiger partial charge in [0.2, 0.25) is 0 Å². The minimum Gasteiger partial charge on any atom is -0.465 e. The van der Waals surface area contributed by atoms with Crippen molar-refractivity contribution >= 4 is 11.7 Å². The van der Waals surface area contributed by atoms with Gasteiger partial charge in [0.1, 0.15) is 0 Å². The topological polar surface area (TPSA) is 59.0 Å². The third-order valence-corrected chi connectivity index (χ3v) is 2.72. The number of hydrogen-bond donors (Lipinski definition) is 1. The molecule has 0 heterocycles. The second-order valence-corrected chi connectivity index (χ2v) is 4.20. The van der Waals surface area contributed by atoms with E-state index in [2.05, 4.69) is 0 Å². The molecule has 0 aliphatic rings. The lowest BCUT2D eigenvalue weighted by Gasteiger charge is -2.24. The van der Waals surface area contributed by atoms with Gasteiger partial charge in [-0.05, 0) is 19.1 Å². The summed E-state index contributed by atoms with van der Waals surface area (Å²) in [4.78, 5) is 13.5. The first-order valence-electron chi connectivity index (χ1n) is 6.24. The number of para-hydroxylation sites is 1. The van der Waals surface area contributed by atoms with Crippen LogP contribution in [-0.2, 0) is 9.47 Å². The van der Waals surface area contributed by atoms with Crippen LogP contribution >= 0.6 is 0 Å². The molecule has 0 bridgehead atoms. The van der Waals surface area contributed by atoms with Crippen LogP contribution in [0.4, 0.5) is 5.69 Å². The number of methoxy groups -OCH3 is 1.